The largest absolute Gasteiger partial charge is 0.334 e. The lowest BCUT2D eigenvalue weighted by molar-refractivity contribution is 0.0574. The summed E-state index contributed by atoms with van der Waals surface area (Å²) in [5.41, 5.74) is 7.45. The monoisotopic (exact) mass is 316 g/mol. The number of aryl methyl sites for hydroxylation is 1. The predicted molar refractivity (Wildman–Crippen MR) is 85.7 cm³/mol. The van der Waals surface area contributed by atoms with Gasteiger partial charge in [0.2, 0.25) is 0 Å². The molecule has 0 bridgehead atoms. The molecule has 0 spiro atoms. The molecule has 1 aromatic carbocycles. The summed E-state index contributed by atoms with van der Waals surface area (Å²) in [5, 5.41) is 0.527. The summed E-state index contributed by atoms with van der Waals surface area (Å²) >= 11 is 6.18. The first-order valence-corrected chi connectivity index (χ1v) is 7.18. The molecule has 1 aliphatic heterocycles. The summed E-state index contributed by atoms with van der Waals surface area (Å²) < 4.78 is 0. The van der Waals surface area contributed by atoms with Crippen molar-refractivity contribution in [3.05, 3.63) is 34.3 Å². The van der Waals surface area contributed by atoms with E-state index in [9.17, 15) is 4.79 Å². The number of piperidine rings is 1. The minimum Gasteiger partial charge on any atom is -0.334 e. The number of carbonyl (C=O) groups is 1. The highest BCUT2D eigenvalue weighted by molar-refractivity contribution is 6.33. The van der Waals surface area contributed by atoms with Crippen molar-refractivity contribution in [2.75, 3.05) is 13.1 Å². The van der Waals surface area contributed by atoms with Crippen molar-refractivity contribution < 1.29 is 4.79 Å². The second-order valence-corrected chi connectivity index (χ2v) is 5.91. The normalized spacial score (nSPS) is 22.3. The summed E-state index contributed by atoms with van der Waals surface area (Å²) in [6, 6.07) is 5.70. The fourth-order valence-corrected chi connectivity index (χ4v) is 3.01. The lowest BCUT2D eigenvalue weighted by Crippen LogP contribution is -2.49. The first-order valence-electron chi connectivity index (χ1n) is 6.80. The van der Waals surface area contributed by atoms with Crippen LogP contribution in [0.1, 0.15) is 35.7 Å². The first-order chi connectivity index (χ1) is 9.02. The van der Waals surface area contributed by atoms with Crippen LogP contribution in [0.3, 0.4) is 0 Å². The van der Waals surface area contributed by atoms with Crippen LogP contribution in [0.5, 0.6) is 0 Å². The number of nitrogens with zero attached hydrogens (tertiary/aromatic N) is 1. The van der Waals surface area contributed by atoms with E-state index in [2.05, 4.69) is 6.92 Å². The van der Waals surface area contributed by atoms with Crippen molar-refractivity contribution >= 4 is 29.9 Å². The predicted octanol–water partition coefficient (Wildman–Crippen LogP) is 3.27. The average Bonchev–Trinajstić information content (AvgIpc) is 2.37. The number of rotatable bonds is 2. The number of halogens is 2. The Labute approximate surface area is 131 Å². The molecule has 1 heterocycles. The summed E-state index contributed by atoms with van der Waals surface area (Å²) in [4.78, 5) is 14.5. The number of likely N-dealkylation sites (tertiary alicyclic amines) is 1. The minimum atomic E-state index is 0. The Bertz CT molecular complexity index is 479. The molecule has 3 nitrogen and oxygen atoms in total. The van der Waals surface area contributed by atoms with Gasteiger partial charge in [0.05, 0.1) is 10.6 Å². The van der Waals surface area contributed by atoms with Gasteiger partial charge in [-0.3, -0.25) is 4.79 Å². The van der Waals surface area contributed by atoms with Gasteiger partial charge in [-0.1, -0.05) is 24.6 Å². The third-order valence-electron chi connectivity index (χ3n) is 3.87. The van der Waals surface area contributed by atoms with Crippen LogP contribution in [0.15, 0.2) is 18.2 Å². The zero-order valence-electron chi connectivity index (χ0n) is 11.9. The molecular formula is C15H22Cl2N2O. The van der Waals surface area contributed by atoms with Crippen LogP contribution < -0.4 is 5.73 Å². The molecule has 112 valence electrons. The highest BCUT2D eigenvalue weighted by atomic mass is 35.5. The van der Waals surface area contributed by atoms with Crippen LogP contribution in [-0.4, -0.2) is 29.9 Å². The highest BCUT2D eigenvalue weighted by Crippen LogP contribution is 2.26. The van der Waals surface area contributed by atoms with E-state index in [1.54, 1.807) is 0 Å². The molecule has 0 aromatic heterocycles. The lowest BCUT2D eigenvalue weighted by Gasteiger charge is -2.38. The zero-order valence-corrected chi connectivity index (χ0v) is 13.5. The van der Waals surface area contributed by atoms with Crippen molar-refractivity contribution in [3.8, 4) is 0 Å². The number of nitrogens with two attached hydrogens (primary N) is 1. The number of hydrogen-bond donors (Lipinski definition) is 1. The average molecular weight is 317 g/mol. The molecule has 0 saturated carbocycles. The van der Waals surface area contributed by atoms with Gasteiger partial charge in [0, 0.05) is 19.1 Å². The third kappa shape index (κ3) is 3.66. The molecule has 1 aromatic rings. The lowest BCUT2D eigenvalue weighted by atomic mass is 9.92. The van der Waals surface area contributed by atoms with Crippen molar-refractivity contribution in [2.24, 2.45) is 11.7 Å². The molecule has 1 fully saturated rings. The summed E-state index contributed by atoms with van der Waals surface area (Å²) in [6.07, 6.45) is 2.01. The molecule has 1 aliphatic rings. The molecule has 1 amide bonds. The van der Waals surface area contributed by atoms with Crippen molar-refractivity contribution in [1.29, 1.82) is 0 Å². The fraction of sp³-hybridized carbons (Fsp3) is 0.533. The maximum atomic E-state index is 12.6. The minimum absolute atomic E-state index is 0. The number of amides is 1. The molecule has 2 rings (SSSR count). The molecule has 2 atom stereocenters. The van der Waals surface area contributed by atoms with Crippen LogP contribution in [0, 0.1) is 12.8 Å². The van der Waals surface area contributed by atoms with E-state index in [-0.39, 0.29) is 24.4 Å². The van der Waals surface area contributed by atoms with Crippen LogP contribution in [-0.2, 0) is 0 Å². The van der Waals surface area contributed by atoms with Crippen molar-refractivity contribution in [1.82, 2.24) is 4.90 Å². The Hall–Kier alpha value is -0.770. The Morgan fingerprint density at radius 3 is 2.80 bits per heavy atom. The van der Waals surface area contributed by atoms with Crippen LogP contribution in [0.2, 0.25) is 5.02 Å². The van der Waals surface area contributed by atoms with E-state index in [0.717, 1.165) is 24.9 Å². The molecule has 0 aliphatic carbocycles. The molecule has 0 radical (unpaired) electrons. The van der Waals surface area contributed by atoms with Crippen LogP contribution in [0.4, 0.5) is 0 Å². The van der Waals surface area contributed by atoms with E-state index in [1.165, 1.54) is 0 Å². The summed E-state index contributed by atoms with van der Waals surface area (Å²) in [5.74, 6) is 0.637. The van der Waals surface area contributed by atoms with Crippen molar-refractivity contribution in [3.63, 3.8) is 0 Å². The van der Waals surface area contributed by atoms with E-state index in [0.29, 0.717) is 23.0 Å². The molecular weight excluding hydrogens is 295 g/mol. The van der Waals surface area contributed by atoms with Gasteiger partial charge < -0.3 is 10.6 Å². The van der Waals surface area contributed by atoms with Crippen LogP contribution >= 0.6 is 24.0 Å². The van der Waals surface area contributed by atoms with Gasteiger partial charge in [0.25, 0.3) is 5.91 Å². The Morgan fingerprint density at radius 2 is 2.20 bits per heavy atom. The van der Waals surface area contributed by atoms with E-state index in [1.807, 2.05) is 30.0 Å². The maximum Gasteiger partial charge on any atom is 0.255 e. The number of benzene rings is 1. The second-order valence-electron chi connectivity index (χ2n) is 5.50. The quantitative estimate of drug-likeness (QED) is 0.910. The molecule has 20 heavy (non-hydrogen) atoms. The maximum absolute atomic E-state index is 12.6. The summed E-state index contributed by atoms with van der Waals surface area (Å²) in [7, 11) is 0. The topological polar surface area (TPSA) is 46.3 Å². The van der Waals surface area contributed by atoms with Crippen molar-refractivity contribution in [2.45, 2.75) is 32.7 Å². The van der Waals surface area contributed by atoms with Gasteiger partial charge in [0.1, 0.15) is 0 Å². The summed E-state index contributed by atoms with van der Waals surface area (Å²) in [6.45, 7) is 5.46. The molecule has 2 N–H and O–H groups in total. The fourth-order valence-electron chi connectivity index (χ4n) is 2.69. The zero-order chi connectivity index (χ0) is 14.0. The number of carbonyl (C=O) groups excluding carboxylic acids is 1. The smallest absolute Gasteiger partial charge is 0.255 e. The van der Waals surface area contributed by atoms with Gasteiger partial charge in [-0.25, -0.2) is 0 Å². The molecule has 1 saturated heterocycles. The Kier molecular flexibility index (Phi) is 6.31. The van der Waals surface area contributed by atoms with Gasteiger partial charge in [-0.2, -0.15) is 0 Å². The first kappa shape index (κ1) is 17.3. The van der Waals surface area contributed by atoms with Gasteiger partial charge >= 0.3 is 0 Å². The Morgan fingerprint density at radius 1 is 1.50 bits per heavy atom. The SMILES string of the molecule is Cc1ccc(C(=O)N2CCC(C)CC2CN)c(Cl)c1.Cl. The van der Waals surface area contributed by atoms with Gasteiger partial charge in [-0.05, 0) is 43.4 Å². The van der Waals surface area contributed by atoms with E-state index in [4.69, 9.17) is 17.3 Å². The van der Waals surface area contributed by atoms with Gasteiger partial charge in [-0.15, -0.1) is 12.4 Å². The highest BCUT2D eigenvalue weighted by Gasteiger charge is 2.30. The van der Waals surface area contributed by atoms with Gasteiger partial charge in [0.15, 0.2) is 0 Å². The Balaban J connectivity index is 0.00000200. The standard InChI is InChI=1S/C15H21ClN2O.ClH/c1-10-3-4-13(14(16)8-10)15(19)18-6-5-11(2)7-12(18)9-17;/h3-4,8,11-12H,5-7,9,17H2,1-2H3;1H. The van der Waals surface area contributed by atoms with E-state index >= 15 is 0 Å². The number of hydrogen-bond acceptors (Lipinski definition) is 2. The van der Waals surface area contributed by atoms with Crippen LogP contribution in [0.25, 0.3) is 0 Å². The third-order valence-corrected chi connectivity index (χ3v) is 4.18. The molecule has 2 unspecified atom stereocenters. The van der Waals surface area contributed by atoms with E-state index < -0.39 is 0 Å². The molecule has 5 heteroatoms. The second kappa shape index (κ2) is 7.30.